The summed E-state index contributed by atoms with van der Waals surface area (Å²) in [5.41, 5.74) is 0. The lowest BCUT2D eigenvalue weighted by Gasteiger charge is -2.20. The molecule has 346 valence electrons. The molecule has 0 bridgehead atoms. The van der Waals surface area contributed by atoms with Gasteiger partial charge in [-0.25, -0.2) is 0 Å². The Bertz CT molecular complexity index is 962. The Kier molecular flexibility index (Phi) is 47.2. The number of amides is 1. The smallest absolute Gasteiger partial charge is 0.305 e. The van der Waals surface area contributed by atoms with Gasteiger partial charge in [0.25, 0.3) is 0 Å². The molecular weight excluding hydrogens is 731 g/mol. The van der Waals surface area contributed by atoms with Crippen LogP contribution in [0.3, 0.4) is 0 Å². The second-order valence-corrected chi connectivity index (χ2v) is 17.5. The van der Waals surface area contributed by atoms with Crippen molar-refractivity contribution >= 4 is 11.9 Å². The van der Waals surface area contributed by atoms with Crippen molar-refractivity contribution in [2.45, 2.75) is 276 Å². The maximum absolute atomic E-state index is 12.4. The molecule has 59 heavy (non-hydrogen) atoms. The third kappa shape index (κ3) is 45.4. The molecule has 1 amide bonds. The van der Waals surface area contributed by atoms with Crippen LogP contribution in [0.15, 0.2) is 36.5 Å². The third-order valence-electron chi connectivity index (χ3n) is 11.7. The largest absolute Gasteiger partial charge is 0.466 e. The first-order valence-electron chi connectivity index (χ1n) is 25.8. The fraction of sp³-hybridized carbons (Fsp3) is 0.849. The van der Waals surface area contributed by atoms with Crippen LogP contribution < -0.4 is 5.32 Å². The summed E-state index contributed by atoms with van der Waals surface area (Å²) >= 11 is 0. The number of unbranched alkanes of at least 4 members (excludes halogenated alkanes) is 32. The maximum Gasteiger partial charge on any atom is 0.305 e. The maximum atomic E-state index is 12.4. The molecule has 0 aromatic heterocycles. The molecule has 0 fully saturated rings. The molecule has 0 saturated carbocycles. The van der Waals surface area contributed by atoms with E-state index in [4.69, 9.17) is 4.74 Å². The Morgan fingerprint density at radius 1 is 0.475 bits per heavy atom. The fourth-order valence-electron chi connectivity index (χ4n) is 7.65. The molecule has 0 saturated heterocycles. The highest BCUT2D eigenvalue weighted by molar-refractivity contribution is 5.76. The lowest BCUT2D eigenvalue weighted by molar-refractivity contribution is -0.143. The average Bonchev–Trinajstić information content (AvgIpc) is 3.24. The number of ether oxygens (including phenoxy) is 1. The van der Waals surface area contributed by atoms with Gasteiger partial charge in [0, 0.05) is 12.8 Å². The minimum atomic E-state index is -0.848. The van der Waals surface area contributed by atoms with Crippen LogP contribution in [0.2, 0.25) is 0 Å². The van der Waals surface area contributed by atoms with Gasteiger partial charge in [0.05, 0.1) is 25.4 Å². The molecule has 0 aromatic carbocycles. The zero-order valence-corrected chi connectivity index (χ0v) is 39.2. The highest BCUT2D eigenvalue weighted by Gasteiger charge is 2.18. The second kappa shape index (κ2) is 48.7. The molecule has 2 atom stereocenters. The Labute approximate surface area is 366 Å². The number of esters is 1. The summed E-state index contributed by atoms with van der Waals surface area (Å²) < 4.78 is 5.45. The minimum Gasteiger partial charge on any atom is -0.466 e. The van der Waals surface area contributed by atoms with Gasteiger partial charge in [-0.1, -0.05) is 230 Å². The third-order valence-corrected chi connectivity index (χ3v) is 11.7. The molecule has 0 aliphatic carbocycles. The second-order valence-electron chi connectivity index (χ2n) is 17.5. The molecule has 0 spiro atoms. The van der Waals surface area contributed by atoms with Crippen molar-refractivity contribution in [3.8, 4) is 0 Å². The van der Waals surface area contributed by atoms with Crippen LogP contribution in [-0.2, 0) is 14.3 Å². The van der Waals surface area contributed by atoms with Gasteiger partial charge in [-0.2, -0.15) is 0 Å². The molecule has 2 unspecified atom stereocenters. The SMILES string of the molecule is CCCC/C=C\C/C=C\CCCCCCCC(=O)OCCCCCCCCCCCCCCCCCCC(=O)NC(CO)C(O)/C=C/CCCCCCCCCCCC. The molecule has 0 aliphatic heterocycles. The van der Waals surface area contributed by atoms with E-state index in [0.717, 1.165) is 57.8 Å². The van der Waals surface area contributed by atoms with Crippen LogP contribution in [0.4, 0.5) is 0 Å². The normalized spacial score (nSPS) is 12.9. The average molecular weight is 830 g/mol. The van der Waals surface area contributed by atoms with E-state index in [9.17, 15) is 19.8 Å². The molecule has 6 nitrogen and oxygen atoms in total. The summed E-state index contributed by atoms with van der Waals surface area (Å²) in [5.74, 6) is -0.0899. The van der Waals surface area contributed by atoms with Crippen LogP contribution in [0.25, 0.3) is 0 Å². The Hall–Kier alpha value is -1.92. The lowest BCUT2D eigenvalue weighted by atomic mass is 10.0. The minimum absolute atomic E-state index is 0.0132. The van der Waals surface area contributed by atoms with Gasteiger partial charge < -0.3 is 20.3 Å². The van der Waals surface area contributed by atoms with Gasteiger partial charge in [-0.15, -0.1) is 0 Å². The first-order chi connectivity index (χ1) is 29.0. The van der Waals surface area contributed by atoms with Gasteiger partial charge in [-0.3, -0.25) is 9.59 Å². The Morgan fingerprint density at radius 3 is 1.34 bits per heavy atom. The van der Waals surface area contributed by atoms with E-state index in [0.29, 0.717) is 19.4 Å². The van der Waals surface area contributed by atoms with Crippen LogP contribution in [0.5, 0.6) is 0 Å². The predicted molar refractivity (Wildman–Crippen MR) is 255 cm³/mol. The van der Waals surface area contributed by atoms with Crippen LogP contribution >= 0.6 is 0 Å². The van der Waals surface area contributed by atoms with Gasteiger partial charge in [-0.05, 0) is 57.8 Å². The Balaban J connectivity index is 3.46. The topological polar surface area (TPSA) is 95.9 Å². The van der Waals surface area contributed by atoms with Gasteiger partial charge in [0.2, 0.25) is 5.91 Å². The first kappa shape index (κ1) is 57.1. The van der Waals surface area contributed by atoms with Gasteiger partial charge >= 0.3 is 5.97 Å². The number of rotatable bonds is 47. The standard InChI is InChI=1S/C53H99NO5/c1-3-5-7-9-11-13-15-17-23-27-31-35-39-43-47-53(58)59-48-44-40-36-32-28-24-21-19-18-20-22-26-30-34-38-42-46-52(57)54-50(49-55)51(56)45-41-37-33-29-25-16-14-12-10-8-6-4-2/h9,11,15,17,41,45,50-51,55-56H,3-8,10,12-14,16,18-40,42-44,46-49H2,1-2H3,(H,54,57)/b11-9-,17-15-,45-41+. The summed E-state index contributed by atoms with van der Waals surface area (Å²) in [6.45, 7) is 4.83. The summed E-state index contributed by atoms with van der Waals surface area (Å²) in [5, 5.41) is 23.0. The summed E-state index contributed by atoms with van der Waals surface area (Å²) in [6.07, 6.45) is 58.5. The van der Waals surface area contributed by atoms with E-state index in [1.807, 2.05) is 6.08 Å². The molecule has 0 aliphatic rings. The summed E-state index contributed by atoms with van der Waals surface area (Å²) in [6, 6.07) is -0.632. The van der Waals surface area contributed by atoms with Crippen molar-refractivity contribution in [2.24, 2.45) is 0 Å². The van der Waals surface area contributed by atoms with Crippen molar-refractivity contribution in [1.29, 1.82) is 0 Å². The number of carbonyl (C=O) groups is 2. The number of nitrogens with one attached hydrogen (secondary N) is 1. The zero-order chi connectivity index (χ0) is 43.0. The van der Waals surface area contributed by atoms with Crippen molar-refractivity contribution < 1.29 is 24.5 Å². The van der Waals surface area contributed by atoms with E-state index >= 15 is 0 Å². The number of carbonyl (C=O) groups excluding carboxylic acids is 2. The summed E-state index contributed by atoms with van der Waals surface area (Å²) in [7, 11) is 0. The number of hydrogen-bond acceptors (Lipinski definition) is 5. The fourth-order valence-corrected chi connectivity index (χ4v) is 7.65. The molecule has 3 N–H and O–H groups in total. The van der Waals surface area contributed by atoms with Crippen molar-refractivity contribution in [3.05, 3.63) is 36.5 Å². The van der Waals surface area contributed by atoms with Crippen LogP contribution in [0.1, 0.15) is 264 Å². The number of allylic oxidation sites excluding steroid dienone is 5. The van der Waals surface area contributed by atoms with E-state index in [1.165, 1.54) is 180 Å². The van der Waals surface area contributed by atoms with Crippen LogP contribution in [0, 0.1) is 0 Å². The zero-order valence-electron chi connectivity index (χ0n) is 39.2. The van der Waals surface area contributed by atoms with Crippen molar-refractivity contribution in [2.75, 3.05) is 13.2 Å². The number of aliphatic hydroxyl groups excluding tert-OH is 2. The Morgan fingerprint density at radius 2 is 0.864 bits per heavy atom. The highest BCUT2D eigenvalue weighted by atomic mass is 16.5. The van der Waals surface area contributed by atoms with E-state index in [2.05, 4.69) is 43.5 Å². The van der Waals surface area contributed by atoms with E-state index in [1.54, 1.807) is 6.08 Å². The summed E-state index contributed by atoms with van der Waals surface area (Å²) in [4.78, 5) is 24.4. The van der Waals surface area contributed by atoms with Gasteiger partial charge in [0.1, 0.15) is 0 Å². The van der Waals surface area contributed by atoms with Crippen molar-refractivity contribution in [3.63, 3.8) is 0 Å². The van der Waals surface area contributed by atoms with Crippen LogP contribution in [-0.4, -0.2) is 47.4 Å². The quantitative estimate of drug-likeness (QED) is 0.0323. The van der Waals surface area contributed by atoms with E-state index in [-0.39, 0.29) is 18.5 Å². The lowest BCUT2D eigenvalue weighted by Crippen LogP contribution is -2.45. The van der Waals surface area contributed by atoms with Gasteiger partial charge in [0.15, 0.2) is 0 Å². The molecule has 0 heterocycles. The molecule has 0 radical (unpaired) electrons. The van der Waals surface area contributed by atoms with Crippen molar-refractivity contribution in [1.82, 2.24) is 5.32 Å². The highest BCUT2D eigenvalue weighted by Crippen LogP contribution is 2.16. The number of hydrogen-bond donors (Lipinski definition) is 3. The molecular formula is C53H99NO5. The number of aliphatic hydroxyl groups is 2. The molecule has 0 aromatic rings. The monoisotopic (exact) mass is 830 g/mol. The van der Waals surface area contributed by atoms with E-state index < -0.39 is 12.1 Å². The predicted octanol–water partition coefficient (Wildman–Crippen LogP) is 15.3. The molecule has 0 rings (SSSR count). The first-order valence-corrected chi connectivity index (χ1v) is 25.8. The molecule has 6 heteroatoms.